The van der Waals surface area contributed by atoms with Crippen molar-refractivity contribution in [1.29, 1.82) is 0 Å². The Hall–Kier alpha value is -3.47. The first-order chi connectivity index (χ1) is 13.2. The van der Waals surface area contributed by atoms with Gasteiger partial charge in [-0.05, 0) is 25.0 Å². The molecule has 0 atom stereocenters. The number of aromatic nitrogens is 3. The number of hydrogen-bond donors (Lipinski definition) is 1. The summed E-state index contributed by atoms with van der Waals surface area (Å²) in [7, 11) is 0. The summed E-state index contributed by atoms with van der Waals surface area (Å²) in [5.41, 5.74) is 4.94. The minimum absolute atomic E-state index is 0.149. The first kappa shape index (κ1) is 17.0. The van der Waals surface area contributed by atoms with Gasteiger partial charge in [-0.1, -0.05) is 60.7 Å². The Bertz CT molecular complexity index is 1070. The number of aryl methyl sites for hydroxylation is 1. The fourth-order valence-electron chi connectivity index (χ4n) is 3.07. The summed E-state index contributed by atoms with van der Waals surface area (Å²) in [6, 6.07) is 23.7. The van der Waals surface area contributed by atoms with Gasteiger partial charge in [-0.25, -0.2) is 9.50 Å². The van der Waals surface area contributed by atoms with Crippen LogP contribution in [0.5, 0.6) is 0 Å². The summed E-state index contributed by atoms with van der Waals surface area (Å²) in [5.74, 6) is -0.149. The highest BCUT2D eigenvalue weighted by Gasteiger charge is 2.15. The molecule has 5 heteroatoms. The zero-order valence-electron chi connectivity index (χ0n) is 15.1. The summed E-state index contributed by atoms with van der Waals surface area (Å²) in [6.45, 7) is 2.45. The second-order valence-corrected chi connectivity index (χ2v) is 6.44. The number of hydrogen-bond acceptors (Lipinski definition) is 3. The van der Waals surface area contributed by atoms with Gasteiger partial charge in [0.05, 0.1) is 5.69 Å². The quantitative estimate of drug-likeness (QED) is 0.593. The second kappa shape index (κ2) is 7.41. The molecule has 0 unspecified atom stereocenters. The maximum Gasteiger partial charge on any atom is 0.270 e. The van der Waals surface area contributed by atoms with Crippen molar-refractivity contribution in [3.63, 3.8) is 0 Å². The normalized spacial score (nSPS) is 10.9. The Labute approximate surface area is 157 Å². The molecule has 4 rings (SSSR count). The number of benzene rings is 2. The van der Waals surface area contributed by atoms with Crippen LogP contribution in [0, 0.1) is 6.92 Å². The molecule has 134 valence electrons. The number of fused-ring (bicyclic) bond motifs is 1. The van der Waals surface area contributed by atoms with E-state index in [4.69, 9.17) is 0 Å². The van der Waals surface area contributed by atoms with E-state index in [0.29, 0.717) is 17.9 Å². The Morgan fingerprint density at radius 1 is 1.00 bits per heavy atom. The molecule has 0 spiro atoms. The molecule has 1 N–H and O–H groups in total. The first-order valence-corrected chi connectivity index (χ1v) is 8.96. The fourth-order valence-corrected chi connectivity index (χ4v) is 3.07. The van der Waals surface area contributed by atoms with E-state index in [1.165, 1.54) is 5.56 Å². The Morgan fingerprint density at radius 2 is 1.70 bits per heavy atom. The highest BCUT2D eigenvalue weighted by Crippen LogP contribution is 2.20. The Morgan fingerprint density at radius 3 is 2.44 bits per heavy atom. The van der Waals surface area contributed by atoms with Gasteiger partial charge < -0.3 is 5.32 Å². The molecule has 0 fully saturated rings. The van der Waals surface area contributed by atoms with E-state index in [1.54, 1.807) is 10.6 Å². The monoisotopic (exact) mass is 356 g/mol. The lowest BCUT2D eigenvalue weighted by atomic mass is 10.1. The van der Waals surface area contributed by atoms with Crippen LogP contribution in [0.3, 0.4) is 0 Å². The van der Waals surface area contributed by atoms with E-state index < -0.39 is 0 Å². The smallest absolute Gasteiger partial charge is 0.270 e. The van der Waals surface area contributed by atoms with Crippen molar-refractivity contribution in [3.05, 3.63) is 89.7 Å². The molecule has 0 radical (unpaired) electrons. The van der Waals surface area contributed by atoms with Gasteiger partial charge in [0.25, 0.3) is 5.91 Å². The van der Waals surface area contributed by atoms with Crippen molar-refractivity contribution in [2.45, 2.75) is 13.3 Å². The van der Waals surface area contributed by atoms with Crippen LogP contribution in [0.2, 0.25) is 0 Å². The van der Waals surface area contributed by atoms with Crippen molar-refractivity contribution in [2.75, 3.05) is 6.54 Å². The van der Waals surface area contributed by atoms with Gasteiger partial charge in [0, 0.05) is 23.9 Å². The number of amides is 1. The van der Waals surface area contributed by atoms with Gasteiger partial charge in [-0.15, -0.1) is 0 Å². The molecule has 0 aliphatic heterocycles. The number of nitrogens with zero attached hydrogens (tertiary/aromatic N) is 3. The Balaban J connectivity index is 1.58. The maximum absolute atomic E-state index is 12.7. The standard InChI is InChI=1S/C22H20N4O/c1-16-14-20(22(27)23-13-12-17-8-4-2-5-9-17)26-21(24-16)15-19(25-26)18-10-6-3-7-11-18/h2-11,14-15H,12-13H2,1H3,(H,23,27). The molecule has 2 heterocycles. The zero-order chi connectivity index (χ0) is 18.6. The van der Waals surface area contributed by atoms with Crippen LogP contribution in [0.1, 0.15) is 21.7 Å². The summed E-state index contributed by atoms with van der Waals surface area (Å²) in [6.07, 6.45) is 0.786. The number of carbonyl (C=O) groups excluding carboxylic acids is 1. The topological polar surface area (TPSA) is 59.3 Å². The van der Waals surface area contributed by atoms with Gasteiger partial charge in [0.2, 0.25) is 0 Å². The molecule has 27 heavy (non-hydrogen) atoms. The van der Waals surface area contributed by atoms with Crippen LogP contribution in [-0.2, 0) is 6.42 Å². The molecule has 5 nitrogen and oxygen atoms in total. The lowest BCUT2D eigenvalue weighted by Gasteiger charge is -2.08. The van der Waals surface area contributed by atoms with E-state index in [2.05, 4.69) is 27.5 Å². The summed E-state index contributed by atoms with van der Waals surface area (Å²) in [4.78, 5) is 17.3. The van der Waals surface area contributed by atoms with E-state index in [9.17, 15) is 4.79 Å². The molecule has 0 saturated heterocycles. The second-order valence-electron chi connectivity index (χ2n) is 6.44. The molecule has 0 aliphatic carbocycles. The number of rotatable bonds is 5. The molecule has 0 saturated carbocycles. The average Bonchev–Trinajstić information content (AvgIpc) is 3.12. The average molecular weight is 356 g/mol. The highest BCUT2D eigenvalue weighted by molar-refractivity contribution is 5.93. The van der Waals surface area contributed by atoms with Crippen LogP contribution < -0.4 is 5.32 Å². The van der Waals surface area contributed by atoms with Crippen LogP contribution in [0.15, 0.2) is 72.8 Å². The lowest BCUT2D eigenvalue weighted by molar-refractivity contribution is 0.0946. The van der Waals surface area contributed by atoms with Crippen molar-refractivity contribution >= 4 is 11.6 Å². The minimum atomic E-state index is -0.149. The number of nitrogens with one attached hydrogen (secondary N) is 1. The van der Waals surface area contributed by atoms with Gasteiger partial charge in [0.1, 0.15) is 5.69 Å². The highest BCUT2D eigenvalue weighted by atomic mass is 16.1. The minimum Gasteiger partial charge on any atom is -0.350 e. The van der Waals surface area contributed by atoms with E-state index in [1.807, 2.05) is 61.5 Å². The van der Waals surface area contributed by atoms with E-state index in [0.717, 1.165) is 23.4 Å². The molecule has 1 amide bonds. The third-order valence-electron chi connectivity index (χ3n) is 4.40. The molecule has 0 bridgehead atoms. The summed E-state index contributed by atoms with van der Waals surface area (Å²) in [5, 5.41) is 7.59. The van der Waals surface area contributed by atoms with Gasteiger partial charge in [-0.3, -0.25) is 4.79 Å². The third kappa shape index (κ3) is 3.72. The van der Waals surface area contributed by atoms with Gasteiger partial charge in [0.15, 0.2) is 5.65 Å². The van der Waals surface area contributed by atoms with Crippen LogP contribution >= 0.6 is 0 Å². The predicted octanol–water partition coefficient (Wildman–Crippen LogP) is 3.68. The van der Waals surface area contributed by atoms with Crippen molar-refractivity contribution in [2.24, 2.45) is 0 Å². The zero-order valence-corrected chi connectivity index (χ0v) is 15.1. The molecule has 0 aliphatic rings. The first-order valence-electron chi connectivity index (χ1n) is 8.96. The van der Waals surface area contributed by atoms with E-state index in [-0.39, 0.29) is 5.91 Å². The summed E-state index contributed by atoms with van der Waals surface area (Å²) >= 11 is 0. The SMILES string of the molecule is Cc1cc(C(=O)NCCc2ccccc2)n2nc(-c3ccccc3)cc2n1. The maximum atomic E-state index is 12.7. The van der Waals surface area contributed by atoms with Gasteiger partial charge >= 0.3 is 0 Å². The van der Waals surface area contributed by atoms with Crippen molar-refractivity contribution < 1.29 is 4.79 Å². The predicted molar refractivity (Wildman–Crippen MR) is 106 cm³/mol. The third-order valence-corrected chi connectivity index (χ3v) is 4.40. The van der Waals surface area contributed by atoms with Crippen LogP contribution in [0.4, 0.5) is 0 Å². The Kier molecular flexibility index (Phi) is 4.66. The van der Waals surface area contributed by atoms with Crippen molar-refractivity contribution in [1.82, 2.24) is 19.9 Å². The van der Waals surface area contributed by atoms with Crippen molar-refractivity contribution in [3.8, 4) is 11.3 Å². The summed E-state index contributed by atoms with van der Waals surface area (Å²) < 4.78 is 1.62. The molecule has 4 aromatic rings. The lowest BCUT2D eigenvalue weighted by Crippen LogP contribution is -2.28. The largest absolute Gasteiger partial charge is 0.350 e. The van der Waals surface area contributed by atoms with E-state index >= 15 is 0 Å². The molecule has 2 aromatic carbocycles. The fraction of sp³-hybridized carbons (Fsp3) is 0.136. The van der Waals surface area contributed by atoms with Crippen LogP contribution in [-0.4, -0.2) is 27.0 Å². The van der Waals surface area contributed by atoms with Crippen LogP contribution in [0.25, 0.3) is 16.9 Å². The number of carbonyl (C=O) groups is 1. The van der Waals surface area contributed by atoms with Gasteiger partial charge in [-0.2, -0.15) is 5.10 Å². The molecular formula is C22H20N4O. The molecule has 2 aromatic heterocycles. The molecular weight excluding hydrogens is 336 g/mol.